The molecule has 0 aromatic heterocycles. The number of ether oxygens (including phenoxy) is 3. The molecule has 1 aromatic carbocycles. The molecule has 0 amide bonds. The maximum Gasteiger partial charge on any atom is 0.338 e. The number of carbonyl (C=O) groups excluding carboxylic acids is 2. The van der Waals surface area contributed by atoms with E-state index < -0.39 is 18.2 Å². The molecule has 2 atom stereocenters. The van der Waals surface area contributed by atoms with Crippen molar-refractivity contribution in [2.75, 3.05) is 20.8 Å². The largest absolute Gasteiger partial charge is 0.493 e. The van der Waals surface area contributed by atoms with Gasteiger partial charge in [-0.3, -0.25) is 4.79 Å². The van der Waals surface area contributed by atoms with Crippen molar-refractivity contribution in [1.29, 1.82) is 0 Å². The van der Waals surface area contributed by atoms with E-state index in [1.54, 1.807) is 6.92 Å². The zero-order valence-electron chi connectivity index (χ0n) is 12.0. The van der Waals surface area contributed by atoms with Crippen LogP contribution in [0, 0.1) is 0 Å². The molecule has 2 N–H and O–H groups in total. The lowest BCUT2D eigenvalue weighted by Crippen LogP contribution is -2.30. The van der Waals surface area contributed by atoms with E-state index in [2.05, 4.69) is 4.74 Å². The van der Waals surface area contributed by atoms with E-state index in [1.807, 2.05) is 0 Å². The van der Waals surface area contributed by atoms with Crippen molar-refractivity contribution in [2.24, 2.45) is 0 Å². The molecule has 0 heterocycles. The molecule has 1 rings (SSSR count). The van der Waals surface area contributed by atoms with Gasteiger partial charge in [0.1, 0.15) is 6.10 Å². The Morgan fingerprint density at radius 1 is 1.24 bits per heavy atom. The molecule has 0 radical (unpaired) electrons. The zero-order valence-corrected chi connectivity index (χ0v) is 12.0. The standard InChI is InChI=1S/C14H18O7/c1-4-21-14(18)13(17)12(16)9-6-11(20-3)10(19-2)5-8(9)7-15/h5-7,12-13,16-17H,4H2,1-3H3. The molecule has 0 spiro atoms. The molecule has 0 aliphatic carbocycles. The molecular weight excluding hydrogens is 280 g/mol. The monoisotopic (exact) mass is 298 g/mol. The molecule has 0 saturated heterocycles. The van der Waals surface area contributed by atoms with E-state index in [4.69, 9.17) is 9.47 Å². The second kappa shape index (κ2) is 7.61. The number of methoxy groups -OCH3 is 2. The van der Waals surface area contributed by atoms with Gasteiger partial charge < -0.3 is 24.4 Å². The molecule has 2 unspecified atom stereocenters. The number of aldehydes is 1. The summed E-state index contributed by atoms with van der Waals surface area (Å²) in [7, 11) is 2.78. The summed E-state index contributed by atoms with van der Waals surface area (Å²) < 4.78 is 14.7. The fraction of sp³-hybridized carbons (Fsp3) is 0.429. The van der Waals surface area contributed by atoms with Gasteiger partial charge in [0.05, 0.1) is 20.8 Å². The first-order valence-corrected chi connectivity index (χ1v) is 6.23. The molecule has 116 valence electrons. The van der Waals surface area contributed by atoms with Crippen LogP contribution in [0.25, 0.3) is 0 Å². The van der Waals surface area contributed by atoms with E-state index in [9.17, 15) is 19.8 Å². The number of hydrogen-bond donors (Lipinski definition) is 2. The number of carbonyl (C=O) groups is 2. The van der Waals surface area contributed by atoms with Crippen LogP contribution in [0.3, 0.4) is 0 Å². The lowest BCUT2D eigenvalue weighted by molar-refractivity contribution is -0.159. The minimum Gasteiger partial charge on any atom is -0.493 e. The summed E-state index contributed by atoms with van der Waals surface area (Å²) in [5.74, 6) is -0.425. The highest BCUT2D eigenvalue weighted by Crippen LogP contribution is 2.33. The number of esters is 1. The lowest BCUT2D eigenvalue weighted by Gasteiger charge is -2.19. The first-order valence-electron chi connectivity index (χ1n) is 6.23. The second-order valence-electron chi connectivity index (χ2n) is 4.10. The molecule has 0 aliphatic heterocycles. The van der Waals surface area contributed by atoms with Crippen LogP contribution < -0.4 is 9.47 Å². The van der Waals surface area contributed by atoms with E-state index in [1.165, 1.54) is 26.4 Å². The quantitative estimate of drug-likeness (QED) is 0.557. The molecular formula is C14H18O7. The van der Waals surface area contributed by atoms with Crippen LogP contribution in [-0.2, 0) is 9.53 Å². The third kappa shape index (κ3) is 3.71. The SMILES string of the molecule is CCOC(=O)C(O)C(O)c1cc(OC)c(OC)cc1C=O. The van der Waals surface area contributed by atoms with Gasteiger partial charge in [-0.25, -0.2) is 4.79 Å². The van der Waals surface area contributed by atoms with Crippen molar-refractivity contribution < 1.29 is 34.0 Å². The summed E-state index contributed by atoms with van der Waals surface area (Å²) in [6.45, 7) is 1.64. The van der Waals surface area contributed by atoms with Gasteiger partial charge in [0.15, 0.2) is 23.9 Å². The maximum absolute atomic E-state index is 11.5. The summed E-state index contributed by atoms with van der Waals surface area (Å²) in [6.07, 6.45) is -2.94. The number of hydrogen-bond acceptors (Lipinski definition) is 7. The van der Waals surface area contributed by atoms with Crippen LogP contribution >= 0.6 is 0 Å². The number of rotatable bonds is 7. The molecule has 0 saturated carbocycles. The fourth-order valence-electron chi connectivity index (χ4n) is 1.80. The molecule has 7 nitrogen and oxygen atoms in total. The van der Waals surface area contributed by atoms with Crippen molar-refractivity contribution in [1.82, 2.24) is 0 Å². The Morgan fingerprint density at radius 3 is 2.29 bits per heavy atom. The fourth-order valence-corrected chi connectivity index (χ4v) is 1.80. The average Bonchev–Trinajstić information content (AvgIpc) is 2.52. The number of aliphatic hydroxyl groups is 2. The van der Waals surface area contributed by atoms with Crippen molar-refractivity contribution in [3.63, 3.8) is 0 Å². The van der Waals surface area contributed by atoms with Crippen LogP contribution in [0.2, 0.25) is 0 Å². The third-order valence-electron chi connectivity index (χ3n) is 2.86. The van der Waals surface area contributed by atoms with Gasteiger partial charge in [-0.15, -0.1) is 0 Å². The Labute approximate surface area is 122 Å². The zero-order chi connectivity index (χ0) is 16.0. The Kier molecular flexibility index (Phi) is 6.13. The highest BCUT2D eigenvalue weighted by atomic mass is 16.5. The Balaban J connectivity index is 3.21. The van der Waals surface area contributed by atoms with Crippen molar-refractivity contribution in [2.45, 2.75) is 19.1 Å². The number of benzene rings is 1. The number of aliphatic hydroxyl groups excluding tert-OH is 2. The van der Waals surface area contributed by atoms with Gasteiger partial charge in [-0.1, -0.05) is 0 Å². The predicted octanol–water partition coefficient (Wildman–Crippen LogP) is 0.474. The first kappa shape index (κ1) is 16.9. The van der Waals surface area contributed by atoms with Crippen molar-refractivity contribution >= 4 is 12.3 Å². The molecule has 1 aromatic rings. The maximum atomic E-state index is 11.5. The van der Waals surface area contributed by atoms with Gasteiger partial charge >= 0.3 is 5.97 Å². The van der Waals surface area contributed by atoms with Gasteiger partial charge in [0.2, 0.25) is 0 Å². The van der Waals surface area contributed by atoms with Crippen LogP contribution in [0.1, 0.15) is 28.9 Å². The third-order valence-corrected chi connectivity index (χ3v) is 2.86. The predicted molar refractivity (Wildman–Crippen MR) is 72.5 cm³/mol. The molecule has 7 heteroatoms. The topological polar surface area (TPSA) is 102 Å². The molecule has 21 heavy (non-hydrogen) atoms. The Bertz CT molecular complexity index is 512. The highest BCUT2D eigenvalue weighted by Gasteiger charge is 2.29. The Morgan fingerprint density at radius 2 is 1.81 bits per heavy atom. The first-order chi connectivity index (χ1) is 9.99. The summed E-state index contributed by atoms with van der Waals surface area (Å²) >= 11 is 0. The van der Waals surface area contributed by atoms with Gasteiger partial charge in [-0.05, 0) is 24.6 Å². The summed E-state index contributed by atoms with van der Waals surface area (Å²) in [4.78, 5) is 22.6. The van der Waals surface area contributed by atoms with E-state index in [0.29, 0.717) is 12.0 Å². The van der Waals surface area contributed by atoms with E-state index >= 15 is 0 Å². The van der Waals surface area contributed by atoms with Crippen LogP contribution in [0.15, 0.2) is 12.1 Å². The molecule has 0 bridgehead atoms. The normalized spacial score (nSPS) is 13.2. The average molecular weight is 298 g/mol. The van der Waals surface area contributed by atoms with Gasteiger partial charge in [0, 0.05) is 5.56 Å². The molecule has 0 fully saturated rings. The summed E-state index contributed by atoms with van der Waals surface area (Å²) in [5, 5.41) is 19.8. The van der Waals surface area contributed by atoms with Crippen molar-refractivity contribution in [3.05, 3.63) is 23.3 Å². The van der Waals surface area contributed by atoms with Gasteiger partial charge in [-0.2, -0.15) is 0 Å². The van der Waals surface area contributed by atoms with E-state index in [-0.39, 0.29) is 23.5 Å². The van der Waals surface area contributed by atoms with Crippen LogP contribution in [0.4, 0.5) is 0 Å². The van der Waals surface area contributed by atoms with E-state index in [0.717, 1.165) is 0 Å². The van der Waals surface area contributed by atoms with Crippen LogP contribution in [-0.4, -0.2) is 49.4 Å². The smallest absolute Gasteiger partial charge is 0.338 e. The Hall–Kier alpha value is -2.12. The van der Waals surface area contributed by atoms with Crippen LogP contribution in [0.5, 0.6) is 11.5 Å². The second-order valence-corrected chi connectivity index (χ2v) is 4.10. The lowest BCUT2D eigenvalue weighted by atomic mass is 9.98. The minimum absolute atomic E-state index is 0.0446. The summed E-state index contributed by atoms with van der Waals surface area (Å²) in [5.41, 5.74) is 0.117. The highest BCUT2D eigenvalue weighted by molar-refractivity contribution is 5.81. The summed E-state index contributed by atoms with van der Waals surface area (Å²) in [6, 6.07) is 2.68. The molecule has 0 aliphatic rings. The minimum atomic E-state index is -1.80. The van der Waals surface area contributed by atoms with Gasteiger partial charge in [0.25, 0.3) is 0 Å². The van der Waals surface area contributed by atoms with Crippen molar-refractivity contribution in [3.8, 4) is 11.5 Å².